The van der Waals surface area contributed by atoms with Crippen LogP contribution in [0, 0.1) is 21.4 Å². The smallest absolute Gasteiger partial charge is 0.399 e. The fourth-order valence-electron chi connectivity index (χ4n) is 1.37. The first-order valence-electron chi connectivity index (χ1n) is 4.55. The van der Waals surface area contributed by atoms with E-state index in [-0.39, 0.29) is 18.4 Å². The van der Waals surface area contributed by atoms with Crippen molar-refractivity contribution < 1.29 is 14.2 Å². The van der Waals surface area contributed by atoms with Gasteiger partial charge >= 0.3 is 5.88 Å². The summed E-state index contributed by atoms with van der Waals surface area (Å²) in [6, 6.07) is 4.69. The van der Waals surface area contributed by atoms with E-state index in [1.807, 2.05) is 6.07 Å². The molecule has 2 rings (SSSR count). The van der Waals surface area contributed by atoms with Crippen LogP contribution in [0.25, 0.3) is 0 Å². The van der Waals surface area contributed by atoms with Gasteiger partial charge in [0.25, 0.3) is 0 Å². The van der Waals surface area contributed by atoms with E-state index in [0.29, 0.717) is 17.9 Å². The maximum Gasteiger partial charge on any atom is 0.433 e. The summed E-state index contributed by atoms with van der Waals surface area (Å²) in [5.74, 6) is -0.0198. The van der Waals surface area contributed by atoms with Gasteiger partial charge in [-0.05, 0) is 6.07 Å². The van der Waals surface area contributed by atoms with E-state index in [2.05, 4.69) is 5.16 Å². The molecule has 0 amide bonds. The van der Waals surface area contributed by atoms with E-state index in [1.54, 1.807) is 0 Å². The van der Waals surface area contributed by atoms with Crippen molar-refractivity contribution in [3.63, 3.8) is 0 Å². The predicted molar refractivity (Wildman–Crippen MR) is 51.6 cm³/mol. The molecule has 0 N–H and O–H groups in total. The summed E-state index contributed by atoms with van der Waals surface area (Å²) >= 11 is 0. The Morgan fingerprint density at radius 1 is 1.69 bits per heavy atom. The van der Waals surface area contributed by atoms with E-state index >= 15 is 0 Å². The van der Waals surface area contributed by atoms with Gasteiger partial charge in [-0.1, -0.05) is 5.16 Å². The molecule has 0 saturated heterocycles. The van der Waals surface area contributed by atoms with Crippen LogP contribution in [-0.4, -0.2) is 16.7 Å². The molecule has 0 aliphatic carbocycles. The first-order valence-corrected chi connectivity index (χ1v) is 4.55. The topological polar surface area (TPSA) is 102 Å². The molecule has 82 valence electrons. The molecule has 0 spiro atoms. The zero-order valence-electron chi connectivity index (χ0n) is 8.12. The molecule has 1 aliphatic heterocycles. The van der Waals surface area contributed by atoms with Crippen LogP contribution in [0.1, 0.15) is 18.6 Å². The van der Waals surface area contributed by atoms with Crippen molar-refractivity contribution in [1.29, 1.82) is 5.26 Å². The van der Waals surface area contributed by atoms with Crippen LogP contribution in [0.2, 0.25) is 0 Å². The number of nitro groups is 1. The van der Waals surface area contributed by atoms with Crippen molar-refractivity contribution in [2.45, 2.75) is 18.9 Å². The lowest BCUT2D eigenvalue weighted by molar-refractivity contribution is -0.402. The largest absolute Gasteiger partial charge is 0.433 e. The van der Waals surface area contributed by atoms with E-state index in [4.69, 9.17) is 14.5 Å². The molecule has 2 heterocycles. The van der Waals surface area contributed by atoms with Crippen LogP contribution < -0.4 is 0 Å². The van der Waals surface area contributed by atoms with Gasteiger partial charge in [0, 0.05) is 6.42 Å². The summed E-state index contributed by atoms with van der Waals surface area (Å²) in [7, 11) is 0. The van der Waals surface area contributed by atoms with E-state index in [9.17, 15) is 10.1 Å². The molecule has 1 aromatic rings. The van der Waals surface area contributed by atoms with E-state index in [1.165, 1.54) is 12.1 Å². The Labute approximate surface area is 90.1 Å². The van der Waals surface area contributed by atoms with Gasteiger partial charge in [-0.2, -0.15) is 5.26 Å². The van der Waals surface area contributed by atoms with Gasteiger partial charge in [-0.15, -0.1) is 0 Å². The quantitative estimate of drug-likeness (QED) is 0.569. The summed E-state index contributed by atoms with van der Waals surface area (Å²) in [6.07, 6.45) is 0.373. The standard InChI is InChI=1S/C9H7N3O4/c10-4-3-6-5-7(11-16-6)8-1-2-9(15-8)12(13)14/h1-2,6H,3,5H2. The molecule has 0 fully saturated rings. The zero-order valence-corrected chi connectivity index (χ0v) is 8.12. The number of rotatable bonds is 3. The predicted octanol–water partition coefficient (Wildman–Crippen LogP) is 1.59. The molecule has 1 aromatic heterocycles. The van der Waals surface area contributed by atoms with Crippen molar-refractivity contribution in [3.8, 4) is 6.07 Å². The maximum atomic E-state index is 10.4. The van der Waals surface area contributed by atoms with Crippen LogP contribution in [0.4, 0.5) is 5.88 Å². The highest BCUT2D eigenvalue weighted by Gasteiger charge is 2.25. The van der Waals surface area contributed by atoms with Crippen molar-refractivity contribution in [1.82, 2.24) is 0 Å². The van der Waals surface area contributed by atoms with Crippen LogP contribution in [0.3, 0.4) is 0 Å². The second-order valence-electron chi connectivity index (χ2n) is 3.23. The number of nitriles is 1. The van der Waals surface area contributed by atoms with Crippen molar-refractivity contribution in [2.24, 2.45) is 5.16 Å². The monoisotopic (exact) mass is 221 g/mol. The summed E-state index contributed by atoms with van der Waals surface area (Å²) < 4.78 is 4.96. The molecule has 16 heavy (non-hydrogen) atoms. The SMILES string of the molecule is N#CCC1CC(c2ccc([N+](=O)[O-])o2)=NO1. The summed E-state index contributed by atoms with van der Waals surface area (Å²) in [6.45, 7) is 0. The number of nitrogens with zero attached hydrogens (tertiary/aromatic N) is 3. The minimum Gasteiger partial charge on any atom is -0.399 e. The molecule has 7 nitrogen and oxygen atoms in total. The minimum atomic E-state index is -0.618. The molecule has 1 aliphatic rings. The van der Waals surface area contributed by atoms with Crippen LogP contribution >= 0.6 is 0 Å². The Hall–Kier alpha value is -2.36. The van der Waals surface area contributed by atoms with Gasteiger partial charge in [-0.25, -0.2) is 0 Å². The molecule has 0 bridgehead atoms. The number of furan rings is 1. The number of oxime groups is 1. The third-order valence-electron chi connectivity index (χ3n) is 2.11. The number of hydrogen-bond donors (Lipinski definition) is 0. The lowest BCUT2D eigenvalue weighted by Crippen LogP contribution is -2.06. The highest BCUT2D eigenvalue weighted by atomic mass is 16.7. The van der Waals surface area contributed by atoms with Gasteiger partial charge in [0.15, 0.2) is 5.76 Å². The van der Waals surface area contributed by atoms with Crippen LogP contribution in [-0.2, 0) is 4.84 Å². The summed E-state index contributed by atoms with van der Waals surface area (Å²) in [5.41, 5.74) is 0.494. The Kier molecular flexibility index (Phi) is 2.55. The molecular weight excluding hydrogens is 214 g/mol. The van der Waals surface area contributed by atoms with Gasteiger partial charge < -0.3 is 9.25 Å². The summed E-state index contributed by atoms with van der Waals surface area (Å²) in [5, 5.41) is 22.6. The molecular formula is C9H7N3O4. The average molecular weight is 221 g/mol. The molecule has 0 saturated carbocycles. The lowest BCUT2D eigenvalue weighted by Gasteiger charge is -1.99. The van der Waals surface area contributed by atoms with Gasteiger partial charge in [0.05, 0.1) is 18.6 Å². The van der Waals surface area contributed by atoms with Crippen LogP contribution in [0.5, 0.6) is 0 Å². The normalized spacial score (nSPS) is 18.7. The zero-order chi connectivity index (χ0) is 11.5. The highest BCUT2D eigenvalue weighted by Crippen LogP contribution is 2.22. The molecule has 1 atom stereocenters. The first-order chi connectivity index (χ1) is 7.70. The Balaban J connectivity index is 2.09. The van der Waals surface area contributed by atoms with Crippen molar-refractivity contribution in [2.75, 3.05) is 0 Å². The Bertz CT molecular complexity index is 485. The third-order valence-corrected chi connectivity index (χ3v) is 2.11. The Morgan fingerprint density at radius 2 is 2.50 bits per heavy atom. The Morgan fingerprint density at radius 3 is 3.12 bits per heavy atom. The van der Waals surface area contributed by atoms with Gasteiger partial charge in [0.1, 0.15) is 16.7 Å². The van der Waals surface area contributed by atoms with Crippen LogP contribution in [0.15, 0.2) is 21.7 Å². The second-order valence-corrected chi connectivity index (χ2v) is 3.23. The fraction of sp³-hybridized carbons (Fsp3) is 0.333. The van der Waals surface area contributed by atoms with E-state index < -0.39 is 4.92 Å². The molecule has 7 heteroatoms. The summed E-state index contributed by atoms with van der Waals surface area (Å²) in [4.78, 5) is 14.7. The molecule has 0 radical (unpaired) electrons. The molecule has 1 unspecified atom stereocenters. The average Bonchev–Trinajstić information content (AvgIpc) is 2.84. The molecule has 0 aromatic carbocycles. The first kappa shape index (κ1) is 10.2. The highest BCUT2D eigenvalue weighted by molar-refractivity contribution is 5.99. The fourth-order valence-corrected chi connectivity index (χ4v) is 1.37. The van der Waals surface area contributed by atoms with Crippen molar-refractivity contribution in [3.05, 3.63) is 28.0 Å². The van der Waals surface area contributed by atoms with Gasteiger partial charge in [-0.3, -0.25) is 10.1 Å². The third kappa shape index (κ3) is 1.86. The lowest BCUT2D eigenvalue weighted by atomic mass is 10.1. The maximum absolute atomic E-state index is 10.4. The van der Waals surface area contributed by atoms with Gasteiger partial charge in [0.2, 0.25) is 0 Å². The van der Waals surface area contributed by atoms with E-state index in [0.717, 1.165) is 0 Å². The second kappa shape index (κ2) is 4.02. The number of hydrogen-bond acceptors (Lipinski definition) is 6. The minimum absolute atomic E-state index is 0.232. The van der Waals surface area contributed by atoms with Crippen molar-refractivity contribution >= 4 is 11.6 Å².